The average Bonchev–Trinajstić information content (AvgIpc) is 2.99. The summed E-state index contributed by atoms with van der Waals surface area (Å²) < 4.78 is 10.7. The Labute approximate surface area is 161 Å². The maximum absolute atomic E-state index is 12.6. The zero-order chi connectivity index (χ0) is 19.2. The van der Waals surface area contributed by atoms with Crippen molar-refractivity contribution in [2.75, 3.05) is 7.11 Å². The molecule has 0 unspecified atom stereocenters. The molecule has 0 saturated carbocycles. The molecule has 0 aliphatic carbocycles. The monoisotopic (exact) mass is 368 g/mol. The number of nitrogens with zero attached hydrogens (tertiary/aromatic N) is 1. The lowest BCUT2D eigenvalue weighted by Crippen LogP contribution is -2.44. The highest BCUT2D eigenvalue weighted by molar-refractivity contribution is 5.69. The van der Waals surface area contributed by atoms with Crippen LogP contribution in [0, 0.1) is 0 Å². The number of carbonyl (C=O) groups excluding carboxylic acids is 1. The molecule has 5 nitrogen and oxygen atoms in total. The van der Waals surface area contributed by atoms with Crippen molar-refractivity contribution < 1.29 is 14.3 Å². The quantitative estimate of drug-likeness (QED) is 0.838. The van der Waals surface area contributed by atoms with E-state index < -0.39 is 0 Å². The van der Waals surface area contributed by atoms with E-state index in [2.05, 4.69) is 31.3 Å². The molecule has 5 heteroatoms. The van der Waals surface area contributed by atoms with E-state index in [9.17, 15) is 4.79 Å². The van der Waals surface area contributed by atoms with Gasteiger partial charge in [0.15, 0.2) is 0 Å². The van der Waals surface area contributed by atoms with Gasteiger partial charge in [-0.3, -0.25) is 0 Å². The Balaban J connectivity index is 1.53. The van der Waals surface area contributed by atoms with Crippen molar-refractivity contribution in [1.82, 2.24) is 10.2 Å². The smallest absolute Gasteiger partial charge is 0.410 e. The van der Waals surface area contributed by atoms with Gasteiger partial charge in [0.2, 0.25) is 0 Å². The Hall–Kier alpha value is -2.53. The van der Waals surface area contributed by atoms with Gasteiger partial charge in [-0.15, -0.1) is 0 Å². The fourth-order valence-corrected chi connectivity index (χ4v) is 3.66. The average molecular weight is 368 g/mol. The lowest BCUT2D eigenvalue weighted by atomic mass is 10.1. The molecule has 0 spiro atoms. The minimum atomic E-state index is -0.243. The topological polar surface area (TPSA) is 50.8 Å². The third kappa shape index (κ3) is 4.80. The number of hydrogen-bond acceptors (Lipinski definition) is 4. The standard InChI is InChI=1S/C22H28N2O3/c1-16-13-21(23-14-18-9-11-20(26-3)12-10-18)17(2)24(16)22(25)27-15-19-7-5-4-6-8-19/h4-12,16-17,21,23H,13-15H2,1-3H3/t16-,17+,21+/m1/s1. The second-order valence-corrected chi connectivity index (χ2v) is 7.11. The molecular weight excluding hydrogens is 340 g/mol. The Morgan fingerprint density at radius 2 is 1.78 bits per heavy atom. The second-order valence-electron chi connectivity index (χ2n) is 7.11. The van der Waals surface area contributed by atoms with E-state index in [1.807, 2.05) is 47.4 Å². The first-order chi connectivity index (χ1) is 13.1. The van der Waals surface area contributed by atoms with E-state index in [0.717, 1.165) is 24.3 Å². The van der Waals surface area contributed by atoms with Gasteiger partial charge < -0.3 is 19.7 Å². The lowest BCUT2D eigenvalue weighted by Gasteiger charge is -2.27. The number of methoxy groups -OCH3 is 1. The molecule has 0 radical (unpaired) electrons. The van der Waals surface area contributed by atoms with Crippen LogP contribution in [0.4, 0.5) is 4.79 Å². The number of carbonyl (C=O) groups is 1. The maximum atomic E-state index is 12.6. The molecule has 2 aromatic carbocycles. The summed E-state index contributed by atoms with van der Waals surface area (Å²) in [5.74, 6) is 0.856. The Morgan fingerprint density at radius 1 is 1.07 bits per heavy atom. The van der Waals surface area contributed by atoms with Crippen molar-refractivity contribution in [2.45, 2.75) is 51.5 Å². The Bertz CT molecular complexity index is 733. The number of rotatable bonds is 6. The molecule has 2 aromatic rings. The van der Waals surface area contributed by atoms with E-state index in [-0.39, 0.29) is 24.2 Å². The fourth-order valence-electron chi connectivity index (χ4n) is 3.66. The number of nitrogens with one attached hydrogen (secondary N) is 1. The number of ether oxygens (including phenoxy) is 2. The number of benzene rings is 2. The summed E-state index contributed by atoms with van der Waals surface area (Å²) in [6.07, 6.45) is 0.671. The van der Waals surface area contributed by atoms with Crippen LogP contribution >= 0.6 is 0 Å². The zero-order valence-corrected chi connectivity index (χ0v) is 16.2. The highest BCUT2D eigenvalue weighted by Crippen LogP contribution is 2.26. The molecule has 3 rings (SSSR count). The third-order valence-electron chi connectivity index (χ3n) is 5.23. The van der Waals surface area contributed by atoms with Crippen LogP contribution in [0.2, 0.25) is 0 Å². The van der Waals surface area contributed by atoms with Gasteiger partial charge in [0, 0.05) is 24.7 Å². The molecule has 144 valence electrons. The van der Waals surface area contributed by atoms with Crippen LogP contribution in [0.3, 0.4) is 0 Å². The molecule has 1 aliphatic heterocycles. The Morgan fingerprint density at radius 3 is 2.44 bits per heavy atom. The molecule has 1 heterocycles. The zero-order valence-electron chi connectivity index (χ0n) is 16.2. The van der Waals surface area contributed by atoms with Crippen LogP contribution in [0.1, 0.15) is 31.4 Å². The minimum absolute atomic E-state index is 0.0847. The number of likely N-dealkylation sites (tertiary alicyclic amines) is 1. The molecule has 0 aromatic heterocycles. The highest BCUT2D eigenvalue weighted by atomic mass is 16.6. The van der Waals surface area contributed by atoms with Crippen LogP contribution in [0.15, 0.2) is 54.6 Å². The summed E-state index contributed by atoms with van der Waals surface area (Å²) in [5.41, 5.74) is 2.19. The predicted octanol–water partition coefficient (Wildman–Crippen LogP) is 3.97. The molecule has 0 bridgehead atoms. The molecule has 27 heavy (non-hydrogen) atoms. The molecule has 1 amide bonds. The van der Waals surface area contributed by atoms with Crippen molar-refractivity contribution in [3.05, 3.63) is 65.7 Å². The van der Waals surface area contributed by atoms with Gasteiger partial charge in [0.25, 0.3) is 0 Å². The van der Waals surface area contributed by atoms with Crippen molar-refractivity contribution >= 4 is 6.09 Å². The SMILES string of the molecule is COc1ccc(CN[C@H]2C[C@@H](C)N(C(=O)OCc3ccccc3)[C@H]2C)cc1. The van der Waals surface area contributed by atoms with Gasteiger partial charge >= 0.3 is 6.09 Å². The van der Waals surface area contributed by atoms with Crippen LogP contribution < -0.4 is 10.1 Å². The normalized spacial score (nSPS) is 21.9. The number of hydrogen-bond donors (Lipinski definition) is 1. The first-order valence-corrected chi connectivity index (χ1v) is 9.44. The van der Waals surface area contributed by atoms with E-state index in [1.165, 1.54) is 5.56 Å². The first kappa shape index (κ1) is 19.2. The maximum Gasteiger partial charge on any atom is 0.410 e. The van der Waals surface area contributed by atoms with Gasteiger partial charge in [-0.2, -0.15) is 0 Å². The van der Waals surface area contributed by atoms with Gasteiger partial charge in [-0.25, -0.2) is 4.79 Å². The van der Waals surface area contributed by atoms with E-state index >= 15 is 0 Å². The lowest BCUT2D eigenvalue weighted by molar-refractivity contribution is 0.0817. The van der Waals surface area contributed by atoms with Crippen LogP contribution in [0.25, 0.3) is 0 Å². The van der Waals surface area contributed by atoms with Crippen LogP contribution in [-0.2, 0) is 17.9 Å². The molecule has 1 saturated heterocycles. The van der Waals surface area contributed by atoms with Crippen molar-refractivity contribution in [3.8, 4) is 5.75 Å². The van der Waals surface area contributed by atoms with Crippen molar-refractivity contribution in [1.29, 1.82) is 0 Å². The van der Waals surface area contributed by atoms with Crippen LogP contribution in [0.5, 0.6) is 5.75 Å². The van der Waals surface area contributed by atoms with Crippen molar-refractivity contribution in [2.24, 2.45) is 0 Å². The first-order valence-electron chi connectivity index (χ1n) is 9.44. The molecule has 1 aliphatic rings. The molecule has 1 N–H and O–H groups in total. The minimum Gasteiger partial charge on any atom is -0.497 e. The van der Waals surface area contributed by atoms with E-state index in [0.29, 0.717) is 6.61 Å². The fraction of sp³-hybridized carbons (Fsp3) is 0.409. The summed E-state index contributed by atoms with van der Waals surface area (Å²) >= 11 is 0. The van der Waals surface area contributed by atoms with E-state index in [4.69, 9.17) is 9.47 Å². The summed E-state index contributed by atoms with van der Waals surface area (Å²) in [5, 5.41) is 3.58. The van der Waals surface area contributed by atoms with Crippen LogP contribution in [-0.4, -0.2) is 36.2 Å². The summed E-state index contributed by atoms with van der Waals surface area (Å²) in [6, 6.07) is 18.3. The van der Waals surface area contributed by atoms with Gasteiger partial charge in [0.1, 0.15) is 12.4 Å². The van der Waals surface area contributed by atoms with Gasteiger partial charge in [0.05, 0.1) is 7.11 Å². The molecule has 3 atom stereocenters. The summed E-state index contributed by atoms with van der Waals surface area (Å²) in [7, 11) is 1.67. The molecular formula is C22H28N2O3. The number of amides is 1. The Kier molecular flexibility index (Phi) is 6.35. The highest BCUT2D eigenvalue weighted by Gasteiger charge is 2.39. The van der Waals surface area contributed by atoms with Crippen molar-refractivity contribution in [3.63, 3.8) is 0 Å². The van der Waals surface area contributed by atoms with Gasteiger partial charge in [-0.1, -0.05) is 42.5 Å². The third-order valence-corrected chi connectivity index (χ3v) is 5.23. The second kappa shape index (κ2) is 8.91. The largest absolute Gasteiger partial charge is 0.497 e. The summed E-state index contributed by atoms with van der Waals surface area (Å²) in [6.45, 7) is 5.23. The predicted molar refractivity (Wildman–Crippen MR) is 106 cm³/mol. The van der Waals surface area contributed by atoms with Gasteiger partial charge in [-0.05, 0) is 43.5 Å². The molecule has 1 fully saturated rings. The summed E-state index contributed by atoms with van der Waals surface area (Å²) in [4.78, 5) is 14.4. The van der Waals surface area contributed by atoms with E-state index in [1.54, 1.807) is 7.11 Å².